The van der Waals surface area contributed by atoms with E-state index in [0.29, 0.717) is 18.2 Å². The van der Waals surface area contributed by atoms with E-state index >= 15 is 0 Å². The Morgan fingerprint density at radius 2 is 1.82 bits per heavy atom. The number of carboxylic acid groups (broad SMARTS) is 1. The van der Waals surface area contributed by atoms with Crippen molar-refractivity contribution >= 4 is 11.9 Å². The molecule has 0 aromatic carbocycles. The summed E-state index contributed by atoms with van der Waals surface area (Å²) in [5.41, 5.74) is 0.308. The van der Waals surface area contributed by atoms with Crippen molar-refractivity contribution < 1.29 is 14.7 Å². The van der Waals surface area contributed by atoms with Gasteiger partial charge in [0.25, 0.3) is 0 Å². The van der Waals surface area contributed by atoms with Crippen molar-refractivity contribution in [1.82, 2.24) is 4.90 Å². The van der Waals surface area contributed by atoms with Gasteiger partial charge in [-0.15, -0.1) is 0 Å². The number of aliphatic carboxylic acids is 1. The molecule has 124 valence electrons. The Morgan fingerprint density at radius 1 is 1.14 bits per heavy atom. The zero-order valence-corrected chi connectivity index (χ0v) is 13.9. The van der Waals surface area contributed by atoms with Gasteiger partial charge in [0.05, 0.1) is 5.92 Å². The molecule has 1 spiro atoms. The van der Waals surface area contributed by atoms with Gasteiger partial charge in [-0.05, 0) is 48.9 Å². The number of piperidine rings is 1. The third-order valence-corrected chi connectivity index (χ3v) is 6.75. The van der Waals surface area contributed by atoms with Crippen LogP contribution in [0.2, 0.25) is 0 Å². The van der Waals surface area contributed by atoms with Crippen LogP contribution in [0, 0.1) is 22.7 Å². The van der Waals surface area contributed by atoms with Crippen LogP contribution in [0.1, 0.15) is 65.2 Å². The van der Waals surface area contributed by atoms with Crippen molar-refractivity contribution in [2.24, 2.45) is 22.7 Å². The fraction of sp³-hybridized carbons (Fsp3) is 0.889. The Bertz CT molecular complexity index is 463. The third kappa shape index (κ3) is 2.89. The number of nitrogens with zero attached hydrogens (tertiary/aromatic N) is 1. The molecule has 1 aliphatic heterocycles. The van der Waals surface area contributed by atoms with Crippen molar-refractivity contribution in [3.8, 4) is 0 Å². The molecule has 2 aliphatic carbocycles. The van der Waals surface area contributed by atoms with Gasteiger partial charge in [-0.25, -0.2) is 0 Å². The molecule has 22 heavy (non-hydrogen) atoms. The first kappa shape index (κ1) is 15.8. The number of carboxylic acids is 1. The molecule has 2 unspecified atom stereocenters. The molecule has 2 saturated carbocycles. The molecule has 0 aromatic rings. The van der Waals surface area contributed by atoms with Gasteiger partial charge in [-0.2, -0.15) is 0 Å². The third-order valence-electron chi connectivity index (χ3n) is 6.75. The average molecular weight is 307 g/mol. The predicted molar refractivity (Wildman–Crippen MR) is 84.3 cm³/mol. The number of carbonyl (C=O) groups excluding carboxylic acids is 1. The van der Waals surface area contributed by atoms with E-state index in [1.807, 2.05) is 4.90 Å². The highest BCUT2D eigenvalue weighted by Gasteiger charge is 2.59. The smallest absolute Gasteiger partial charge is 0.307 e. The van der Waals surface area contributed by atoms with Crippen molar-refractivity contribution in [3.63, 3.8) is 0 Å². The minimum atomic E-state index is -0.649. The summed E-state index contributed by atoms with van der Waals surface area (Å²) < 4.78 is 0. The molecule has 3 aliphatic rings. The summed E-state index contributed by atoms with van der Waals surface area (Å²) in [6.07, 6.45) is 8.22. The molecule has 3 rings (SSSR count). The van der Waals surface area contributed by atoms with E-state index < -0.39 is 5.97 Å². The van der Waals surface area contributed by atoms with Crippen LogP contribution in [0.25, 0.3) is 0 Å². The van der Waals surface area contributed by atoms with E-state index in [0.717, 1.165) is 32.4 Å². The molecule has 0 radical (unpaired) electrons. The Morgan fingerprint density at radius 3 is 2.36 bits per heavy atom. The topological polar surface area (TPSA) is 57.6 Å². The standard InChI is InChI=1S/C18H29NO3/c1-17(2)6-4-3-5-13(17)11-15(20)19-9-7-18(8-10-19)12-14(18)16(21)22/h13-14H,3-12H2,1-2H3,(H,21,22). The van der Waals surface area contributed by atoms with Crippen molar-refractivity contribution in [1.29, 1.82) is 0 Å². The predicted octanol–water partition coefficient (Wildman–Crippen LogP) is 3.31. The van der Waals surface area contributed by atoms with Crippen LogP contribution in [0.4, 0.5) is 0 Å². The van der Waals surface area contributed by atoms with Crippen molar-refractivity contribution in [3.05, 3.63) is 0 Å². The Hall–Kier alpha value is -1.06. The number of likely N-dealkylation sites (tertiary alicyclic amines) is 1. The molecule has 1 amide bonds. The summed E-state index contributed by atoms with van der Waals surface area (Å²) in [6, 6.07) is 0. The van der Waals surface area contributed by atoms with Crippen LogP contribution in [-0.4, -0.2) is 35.0 Å². The molecule has 4 nitrogen and oxygen atoms in total. The molecule has 4 heteroatoms. The quantitative estimate of drug-likeness (QED) is 0.870. The summed E-state index contributed by atoms with van der Waals surface area (Å²) in [7, 11) is 0. The normalized spacial score (nSPS) is 32.7. The van der Waals surface area contributed by atoms with E-state index in [1.54, 1.807) is 0 Å². The maximum absolute atomic E-state index is 12.6. The first-order chi connectivity index (χ1) is 10.3. The van der Waals surface area contributed by atoms with Crippen molar-refractivity contribution in [2.75, 3.05) is 13.1 Å². The second-order valence-electron chi connectivity index (χ2n) is 8.47. The van der Waals surface area contributed by atoms with E-state index in [9.17, 15) is 9.59 Å². The molecular formula is C18H29NO3. The number of hydrogen-bond acceptors (Lipinski definition) is 2. The summed E-state index contributed by atoms with van der Waals surface area (Å²) in [5.74, 6) is 0.00504. The van der Waals surface area contributed by atoms with Gasteiger partial charge in [-0.1, -0.05) is 26.7 Å². The van der Waals surface area contributed by atoms with Crippen molar-refractivity contribution in [2.45, 2.75) is 65.2 Å². The zero-order chi connectivity index (χ0) is 16.0. The van der Waals surface area contributed by atoms with Crippen LogP contribution < -0.4 is 0 Å². The van der Waals surface area contributed by atoms with Gasteiger partial charge < -0.3 is 10.0 Å². The Balaban J connectivity index is 1.51. The highest BCUT2D eigenvalue weighted by molar-refractivity contribution is 5.77. The monoisotopic (exact) mass is 307 g/mol. The van der Waals surface area contributed by atoms with Crippen LogP contribution >= 0.6 is 0 Å². The van der Waals surface area contributed by atoms with Crippen LogP contribution in [0.15, 0.2) is 0 Å². The first-order valence-corrected chi connectivity index (χ1v) is 8.85. The lowest BCUT2D eigenvalue weighted by molar-refractivity contribution is -0.140. The summed E-state index contributed by atoms with van der Waals surface area (Å²) >= 11 is 0. The second kappa shape index (κ2) is 5.54. The molecule has 3 fully saturated rings. The summed E-state index contributed by atoms with van der Waals surface area (Å²) in [6.45, 7) is 6.12. The van der Waals surface area contributed by atoms with Gasteiger partial charge in [0.1, 0.15) is 0 Å². The molecule has 1 saturated heterocycles. The number of rotatable bonds is 3. The Labute approximate surface area is 133 Å². The van der Waals surface area contributed by atoms with E-state index in [1.165, 1.54) is 25.7 Å². The maximum atomic E-state index is 12.6. The number of amides is 1. The SMILES string of the molecule is CC1(C)CCCCC1CC(=O)N1CCC2(CC1)CC2C(=O)O. The zero-order valence-electron chi connectivity index (χ0n) is 13.9. The number of carbonyl (C=O) groups is 2. The molecule has 0 aromatic heterocycles. The van der Waals surface area contributed by atoms with E-state index in [4.69, 9.17) is 5.11 Å². The van der Waals surface area contributed by atoms with Gasteiger partial charge in [-0.3, -0.25) is 9.59 Å². The Kier molecular flexibility index (Phi) is 3.98. The van der Waals surface area contributed by atoms with Gasteiger partial charge in [0.15, 0.2) is 0 Å². The van der Waals surface area contributed by atoms with Gasteiger partial charge in [0, 0.05) is 19.5 Å². The van der Waals surface area contributed by atoms with Gasteiger partial charge in [0.2, 0.25) is 5.91 Å². The average Bonchev–Trinajstić information content (AvgIpc) is 3.16. The largest absolute Gasteiger partial charge is 0.481 e. The van der Waals surface area contributed by atoms with Crippen LogP contribution in [-0.2, 0) is 9.59 Å². The lowest BCUT2D eigenvalue weighted by atomic mass is 9.67. The molecule has 0 bridgehead atoms. The molecule has 1 N–H and O–H groups in total. The second-order valence-corrected chi connectivity index (χ2v) is 8.47. The minimum absolute atomic E-state index is 0.0206. The minimum Gasteiger partial charge on any atom is -0.481 e. The molecule has 1 heterocycles. The maximum Gasteiger partial charge on any atom is 0.307 e. The summed E-state index contributed by atoms with van der Waals surface area (Å²) in [5, 5.41) is 9.14. The van der Waals surface area contributed by atoms with Gasteiger partial charge >= 0.3 is 5.97 Å². The molecular weight excluding hydrogens is 278 g/mol. The molecule has 2 atom stereocenters. The highest BCUT2D eigenvalue weighted by Crippen LogP contribution is 2.59. The fourth-order valence-corrected chi connectivity index (χ4v) is 4.74. The van der Waals surface area contributed by atoms with Crippen LogP contribution in [0.3, 0.4) is 0 Å². The lowest BCUT2D eigenvalue weighted by Crippen LogP contribution is -2.42. The van der Waals surface area contributed by atoms with Crippen LogP contribution in [0.5, 0.6) is 0 Å². The fourth-order valence-electron chi connectivity index (χ4n) is 4.74. The number of hydrogen-bond donors (Lipinski definition) is 1. The van der Waals surface area contributed by atoms with E-state index in [2.05, 4.69) is 13.8 Å². The lowest BCUT2D eigenvalue weighted by Gasteiger charge is -2.40. The highest BCUT2D eigenvalue weighted by atomic mass is 16.4. The van der Waals surface area contributed by atoms with E-state index in [-0.39, 0.29) is 16.7 Å². The first-order valence-electron chi connectivity index (χ1n) is 8.85. The summed E-state index contributed by atoms with van der Waals surface area (Å²) in [4.78, 5) is 25.7.